The molecule has 33 heavy (non-hydrogen) atoms. The van der Waals surface area contributed by atoms with Crippen LogP contribution in [0.25, 0.3) is 10.2 Å². The number of rotatable bonds is 9. The summed E-state index contributed by atoms with van der Waals surface area (Å²) in [6, 6.07) is 12.7. The van der Waals surface area contributed by atoms with Crippen LogP contribution >= 0.6 is 23.1 Å². The largest absolute Gasteiger partial charge is 0.302 e. The second kappa shape index (κ2) is 10.0. The second-order valence-corrected chi connectivity index (χ2v) is 9.53. The van der Waals surface area contributed by atoms with Crippen molar-refractivity contribution in [2.45, 2.75) is 18.7 Å². The van der Waals surface area contributed by atoms with Crippen LogP contribution in [-0.4, -0.2) is 71.5 Å². The zero-order valence-electron chi connectivity index (χ0n) is 18.9. The first-order valence-corrected chi connectivity index (χ1v) is 12.9. The number of thioether (sulfide) groups is 1. The van der Waals surface area contributed by atoms with E-state index in [-0.39, 0.29) is 12.5 Å². The highest BCUT2D eigenvalue weighted by Gasteiger charge is 2.37. The SMILES string of the molecule is CCN(CC)CCN(C(=O)CN1C(=O)c2ccccc2C1=O)c1nc2ccc(SC)cc2s1. The Morgan fingerprint density at radius 3 is 2.30 bits per heavy atom. The maximum absolute atomic E-state index is 13.5. The van der Waals surface area contributed by atoms with Gasteiger partial charge in [-0.25, -0.2) is 4.98 Å². The first kappa shape index (κ1) is 23.4. The molecule has 1 aliphatic heterocycles. The summed E-state index contributed by atoms with van der Waals surface area (Å²) < 4.78 is 0.998. The molecule has 0 saturated carbocycles. The number of carbonyl (C=O) groups is 3. The molecule has 3 amide bonds. The minimum absolute atomic E-state index is 0.309. The molecule has 3 aromatic rings. The van der Waals surface area contributed by atoms with Crippen molar-refractivity contribution >= 4 is 56.2 Å². The Morgan fingerprint density at radius 1 is 1.03 bits per heavy atom. The molecule has 0 saturated heterocycles. The van der Waals surface area contributed by atoms with Crippen LogP contribution < -0.4 is 4.90 Å². The second-order valence-electron chi connectivity index (χ2n) is 7.64. The lowest BCUT2D eigenvalue weighted by atomic mass is 10.1. The molecule has 0 radical (unpaired) electrons. The average molecular weight is 483 g/mol. The van der Waals surface area contributed by atoms with Gasteiger partial charge < -0.3 is 4.90 Å². The highest BCUT2D eigenvalue weighted by molar-refractivity contribution is 7.98. The number of nitrogens with zero attached hydrogens (tertiary/aromatic N) is 4. The van der Waals surface area contributed by atoms with E-state index in [1.54, 1.807) is 40.9 Å². The average Bonchev–Trinajstić information content (AvgIpc) is 3.36. The molecular weight excluding hydrogens is 456 g/mol. The van der Waals surface area contributed by atoms with E-state index in [9.17, 15) is 14.4 Å². The van der Waals surface area contributed by atoms with Gasteiger partial charge in [-0.2, -0.15) is 0 Å². The van der Waals surface area contributed by atoms with E-state index in [0.717, 1.165) is 33.1 Å². The molecule has 0 bridgehead atoms. The molecule has 0 atom stereocenters. The van der Waals surface area contributed by atoms with E-state index in [0.29, 0.717) is 29.3 Å². The van der Waals surface area contributed by atoms with E-state index < -0.39 is 11.8 Å². The molecule has 1 aromatic heterocycles. The monoisotopic (exact) mass is 482 g/mol. The van der Waals surface area contributed by atoms with Crippen LogP contribution in [0.2, 0.25) is 0 Å². The Bertz CT molecular complexity index is 1170. The lowest BCUT2D eigenvalue weighted by Crippen LogP contribution is -2.45. The van der Waals surface area contributed by atoms with E-state index in [2.05, 4.69) is 24.8 Å². The van der Waals surface area contributed by atoms with Gasteiger partial charge in [0.15, 0.2) is 5.13 Å². The normalized spacial score (nSPS) is 13.3. The Hall–Kier alpha value is -2.75. The molecule has 0 spiro atoms. The minimum Gasteiger partial charge on any atom is -0.302 e. The van der Waals surface area contributed by atoms with E-state index in [1.807, 2.05) is 18.4 Å². The van der Waals surface area contributed by atoms with Crippen LogP contribution in [0.3, 0.4) is 0 Å². The quantitative estimate of drug-likeness (QED) is 0.339. The summed E-state index contributed by atoms with van der Waals surface area (Å²) in [4.78, 5) is 49.7. The van der Waals surface area contributed by atoms with Gasteiger partial charge in [-0.15, -0.1) is 11.8 Å². The molecule has 0 N–H and O–H groups in total. The fourth-order valence-corrected chi connectivity index (χ4v) is 5.41. The number of carbonyl (C=O) groups excluding carboxylic acids is 3. The fraction of sp³-hybridized carbons (Fsp3) is 0.333. The highest BCUT2D eigenvalue weighted by atomic mass is 32.2. The predicted molar refractivity (Wildman–Crippen MR) is 133 cm³/mol. The number of likely N-dealkylation sites (N-methyl/N-ethyl adjacent to an activating group) is 1. The van der Waals surface area contributed by atoms with Gasteiger partial charge >= 0.3 is 0 Å². The van der Waals surface area contributed by atoms with Crippen molar-refractivity contribution in [3.05, 3.63) is 53.6 Å². The number of amides is 3. The Morgan fingerprint density at radius 2 is 1.70 bits per heavy atom. The van der Waals surface area contributed by atoms with E-state index in [1.165, 1.54) is 11.3 Å². The van der Waals surface area contributed by atoms with Crippen LogP contribution in [0.15, 0.2) is 47.4 Å². The molecule has 0 unspecified atom stereocenters. The zero-order chi connectivity index (χ0) is 23.5. The zero-order valence-corrected chi connectivity index (χ0v) is 20.5. The maximum atomic E-state index is 13.5. The summed E-state index contributed by atoms with van der Waals surface area (Å²) in [5.74, 6) is -1.18. The molecule has 0 aliphatic carbocycles. The standard InChI is InChI=1S/C24H26N4O3S2/c1-4-26(5-2)12-13-27(24-25-19-11-10-16(32-3)14-20(19)33-24)21(29)15-28-22(30)17-8-6-7-9-18(17)23(28)31/h6-11,14H,4-5,12-13,15H2,1-3H3. The Labute approximate surface area is 201 Å². The molecular formula is C24H26N4O3S2. The smallest absolute Gasteiger partial charge is 0.262 e. The third-order valence-electron chi connectivity index (χ3n) is 5.82. The molecule has 4 rings (SSSR count). The van der Waals surface area contributed by atoms with Gasteiger partial charge in [-0.05, 0) is 49.7 Å². The minimum atomic E-state index is -0.429. The molecule has 7 nitrogen and oxygen atoms in total. The van der Waals surface area contributed by atoms with Crippen LogP contribution in [0, 0.1) is 0 Å². The van der Waals surface area contributed by atoms with Gasteiger partial charge in [0.1, 0.15) is 6.54 Å². The van der Waals surface area contributed by atoms with Crippen LogP contribution in [0.1, 0.15) is 34.6 Å². The third kappa shape index (κ3) is 4.66. The summed E-state index contributed by atoms with van der Waals surface area (Å²) in [5.41, 5.74) is 1.51. The Balaban J connectivity index is 1.61. The summed E-state index contributed by atoms with van der Waals surface area (Å²) >= 11 is 3.10. The van der Waals surface area contributed by atoms with Crippen molar-refractivity contribution in [1.29, 1.82) is 0 Å². The first-order chi connectivity index (χ1) is 16.0. The number of hydrogen-bond acceptors (Lipinski definition) is 7. The first-order valence-electron chi connectivity index (χ1n) is 10.9. The van der Waals surface area contributed by atoms with Gasteiger partial charge in [0.05, 0.1) is 21.3 Å². The van der Waals surface area contributed by atoms with Crippen molar-refractivity contribution in [2.75, 3.05) is 43.9 Å². The topological polar surface area (TPSA) is 73.8 Å². The number of imide groups is 1. The van der Waals surface area contributed by atoms with E-state index >= 15 is 0 Å². The van der Waals surface area contributed by atoms with Crippen molar-refractivity contribution in [3.8, 4) is 0 Å². The molecule has 2 heterocycles. The molecule has 172 valence electrons. The number of aromatic nitrogens is 1. The van der Waals surface area contributed by atoms with Gasteiger partial charge in [0, 0.05) is 18.0 Å². The van der Waals surface area contributed by atoms with Crippen LogP contribution in [-0.2, 0) is 4.79 Å². The summed E-state index contributed by atoms with van der Waals surface area (Å²) in [5, 5.41) is 0.581. The van der Waals surface area contributed by atoms with Crippen molar-refractivity contribution < 1.29 is 14.4 Å². The van der Waals surface area contributed by atoms with Gasteiger partial charge in [0.25, 0.3) is 11.8 Å². The lowest BCUT2D eigenvalue weighted by molar-refractivity contribution is -0.119. The third-order valence-corrected chi connectivity index (χ3v) is 7.59. The molecule has 2 aromatic carbocycles. The van der Waals surface area contributed by atoms with Gasteiger partial charge in [-0.3, -0.25) is 24.2 Å². The van der Waals surface area contributed by atoms with Crippen molar-refractivity contribution in [1.82, 2.24) is 14.8 Å². The predicted octanol–water partition coefficient (Wildman–Crippen LogP) is 3.99. The molecule has 0 fully saturated rings. The van der Waals surface area contributed by atoms with Crippen LogP contribution in [0.4, 0.5) is 5.13 Å². The van der Waals surface area contributed by atoms with Gasteiger partial charge in [0.2, 0.25) is 5.91 Å². The number of hydrogen-bond donors (Lipinski definition) is 0. The molecule has 1 aliphatic rings. The summed E-state index contributed by atoms with van der Waals surface area (Å²) in [6.07, 6.45) is 2.02. The fourth-order valence-electron chi connectivity index (χ4n) is 3.85. The lowest BCUT2D eigenvalue weighted by Gasteiger charge is -2.26. The number of thiazole rings is 1. The van der Waals surface area contributed by atoms with Crippen molar-refractivity contribution in [3.63, 3.8) is 0 Å². The number of anilines is 1. The van der Waals surface area contributed by atoms with E-state index in [4.69, 9.17) is 4.98 Å². The molecule has 9 heteroatoms. The van der Waals surface area contributed by atoms with Crippen molar-refractivity contribution in [2.24, 2.45) is 0 Å². The number of fused-ring (bicyclic) bond motifs is 2. The summed E-state index contributed by atoms with van der Waals surface area (Å²) in [7, 11) is 0. The number of benzene rings is 2. The maximum Gasteiger partial charge on any atom is 0.262 e. The van der Waals surface area contributed by atoms with Gasteiger partial charge in [-0.1, -0.05) is 37.3 Å². The van der Waals surface area contributed by atoms with Crippen LogP contribution in [0.5, 0.6) is 0 Å². The Kier molecular flexibility index (Phi) is 7.11. The highest BCUT2D eigenvalue weighted by Crippen LogP contribution is 2.32. The summed E-state index contributed by atoms with van der Waals surface area (Å²) in [6.45, 7) is 6.69.